The van der Waals surface area contributed by atoms with Gasteiger partial charge in [0.1, 0.15) is 5.82 Å². The molecule has 1 heterocycles. The van der Waals surface area contributed by atoms with Gasteiger partial charge in [0.25, 0.3) is 0 Å². The number of rotatable bonds is 6. The lowest BCUT2D eigenvalue weighted by molar-refractivity contribution is 0.422. The minimum absolute atomic E-state index is 0.643. The fourth-order valence-electron chi connectivity index (χ4n) is 3.94. The van der Waals surface area contributed by atoms with Gasteiger partial charge < -0.3 is 10.3 Å². The van der Waals surface area contributed by atoms with Crippen LogP contribution in [-0.4, -0.2) is 22.6 Å². The predicted molar refractivity (Wildman–Crippen MR) is 73.3 cm³/mol. The van der Waals surface area contributed by atoms with Gasteiger partial charge in [0.05, 0.1) is 0 Å². The van der Waals surface area contributed by atoms with Gasteiger partial charge in [0.2, 0.25) is 0 Å². The van der Waals surface area contributed by atoms with E-state index in [1.54, 1.807) is 0 Å². The first-order valence-electron chi connectivity index (χ1n) is 7.61. The minimum atomic E-state index is 0.643. The van der Waals surface area contributed by atoms with Crippen molar-refractivity contribution in [2.45, 2.75) is 51.5 Å². The summed E-state index contributed by atoms with van der Waals surface area (Å²) >= 11 is 0. The molecule has 2 saturated carbocycles. The molecule has 2 aliphatic rings. The van der Waals surface area contributed by atoms with Crippen LogP contribution in [0.3, 0.4) is 0 Å². The number of nitrogens with zero attached hydrogens (tertiary/aromatic N) is 1. The van der Waals surface area contributed by atoms with Gasteiger partial charge >= 0.3 is 0 Å². The van der Waals surface area contributed by atoms with Gasteiger partial charge in [-0.05, 0) is 43.6 Å². The van der Waals surface area contributed by atoms with Gasteiger partial charge in [0.15, 0.2) is 0 Å². The van der Waals surface area contributed by atoms with Crippen molar-refractivity contribution in [3.05, 3.63) is 18.2 Å². The van der Waals surface area contributed by atoms with Gasteiger partial charge in [-0.1, -0.05) is 19.8 Å². The van der Waals surface area contributed by atoms with E-state index in [1.165, 1.54) is 32.1 Å². The van der Waals surface area contributed by atoms with Crippen molar-refractivity contribution in [2.75, 3.05) is 6.54 Å². The molecule has 3 atom stereocenters. The molecule has 0 spiro atoms. The summed E-state index contributed by atoms with van der Waals surface area (Å²) in [5.41, 5.74) is 0. The molecule has 0 aromatic carbocycles. The maximum Gasteiger partial charge on any atom is 0.107 e. The summed E-state index contributed by atoms with van der Waals surface area (Å²) in [5, 5.41) is 3.77. The van der Waals surface area contributed by atoms with E-state index in [0.29, 0.717) is 6.04 Å². The van der Waals surface area contributed by atoms with Crippen molar-refractivity contribution >= 4 is 0 Å². The van der Waals surface area contributed by atoms with Crippen LogP contribution < -0.4 is 5.32 Å². The lowest BCUT2D eigenvalue weighted by atomic mass is 10.0. The van der Waals surface area contributed by atoms with E-state index in [-0.39, 0.29) is 0 Å². The molecule has 1 aromatic rings. The third kappa shape index (κ3) is 2.46. The van der Waals surface area contributed by atoms with Gasteiger partial charge in [-0.2, -0.15) is 0 Å². The molecule has 3 nitrogen and oxygen atoms in total. The van der Waals surface area contributed by atoms with Crippen molar-refractivity contribution < 1.29 is 0 Å². The summed E-state index contributed by atoms with van der Waals surface area (Å²) < 4.78 is 0. The first-order chi connectivity index (χ1) is 8.90. The summed E-state index contributed by atoms with van der Waals surface area (Å²) in [5.74, 6) is 4.10. The largest absolute Gasteiger partial charge is 0.349 e. The molecule has 2 N–H and O–H groups in total. The zero-order chi connectivity index (χ0) is 12.4. The van der Waals surface area contributed by atoms with E-state index in [0.717, 1.165) is 36.5 Å². The van der Waals surface area contributed by atoms with Crippen LogP contribution in [0.25, 0.3) is 0 Å². The predicted octanol–water partition coefficient (Wildman–Crippen LogP) is 2.76. The SMILES string of the molecule is CCCNC(Cc1ncc[nH]1)C1C2CCCCC21. The Balaban J connectivity index is 1.62. The smallest absolute Gasteiger partial charge is 0.107 e. The monoisotopic (exact) mass is 247 g/mol. The molecule has 2 aliphatic carbocycles. The molecule has 3 unspecified atom stereocenters. The molecule has 0 bridgehead atoms. The van der Waals surface area contributed by atoms with E-state index in [4.69, 9.17) is 0 Å². The molecule has 0 saturated heterocycles. The molecule has 100 valence electrons. The average Bonchev–Trinajstić information content (AvgIpc) is 2.90. The number of imidazole rings is 1. The van der Waals surface area contributed by atoms with Crippen LogP contribution in [0.5, 0.6) is 0 Å². The summed E-state index contributed by atoms with van der Waals surface area (Å²) in [6.07, 6.45) is 12.0. The second-order valence-corrected chi connectivity index (χ2v) is 5.99. The topological polar surface area (TPSA) is 40.7 Å². The Kier molecular flexibility index (Phi) is 3.69. The standard InChI is InChI=1S/C15H25N3/c1-2-7-16-13(10-14-17-8-9-18-14)15-11-5-3-4-6-12(11)15/h8-9,11-13,15-16H,2-7,10H2,1H3,(H,17,18). The van der Waals surface area contributed by atoms with E-state index in [1.807, 2.05) is 12.4 Å². The first kappa shape index (κ1) is 12.2. The quantitative estimate of drug-likeness (QED) is 0.811. The average molecular weight is 247 g/mol. The van der Waals surface area contributed by atoms with E-state index in [9.17, 15) is 0 Å². The van der Waals surface area contributed by atoms with Crippen LogP contribution >= 0.6 is 0 Å². The lowest BCUT2D eigenvalue weighted by Gasteiger charge is -2.18. The fourth-order valence-corrected chi connectivity index (χ4v) is 3.94. The molecule has 3 rings (SSSR count). The van der Waals surface area contributed by atoms with Crippen LogP contribution in [0.1, 0.15) is 44.9 Å². The second kappa shape index (κ2) is 5.43. The number of hydrogen-bond donors (Lipinski definition) is 2. The number of fused-ring (bicyclic) bond motifs is 1. The Morgan fingerprint density at radius 2 is 2.17 bits per heavy atom. The number of aromatic amines is 1. The summed E-state index contributed by atoms with van der Waals surface area (Å²) in [6.45, 7) is 3.39. The molecule has 2 fully saturated rings. The molecule has 3 heteroatoms. The third-order valence-electron chi connectivity index (χ3n) is 4.81. The van der Waals surface area contributed by atoms with Crippen molar-refractivity contribution in [1.29, 1.82) is 0 Å². The molecule has 0 aliphatic heterocycles. The number of hydrogen-bond acceptors (Lipinski definition) is 2. The lowest BCUT2D eigenvalue weighted by Crippen LogP contribution is -2.35. The molecule has 18 heavy (non-hydrogen) atoms. The summed E-state index contributed by atoms with van der Waals surface area (Å²) in [7, 11) is 0. The van der Waals surface area contributed by atoms with Crippen LogP contribution in [0.2, 0.25) is 0 Å². The molecular formula is C15H25N3. The Bertz CT molecular complexity index is 348. The van der Waals surface area contributed by atoms with E-state index in [2.05, 4.69) is 22.2 Å². The van der Waals surface area contributed by atoms with Gasteiger partial charge in [-0.3, -0.25) is 0 Å². The van der Waals surface area contributed by atoms with E-state index < -0.39 is 0 Å². The van der Waals surface area contributed by atoms with Crippen molar-refractivity contribution in [2.24, 2.45) is 17.8 Å². The van der Waals surface area contributed by atoms with Crippen LogP contribution in [0, 0.1) is 17.8 Å². The maximum atomic E-state index is 4.40. The highest BCUT2D eigenvalue weighted by Crippen LogP contribution is 2.57. The normalized spacial score (nSPS) is 31.9. The number of nitrogens with one attached hydrogen (secondary N) is 2. The summed E-state index contributed by atoms with van der Waals surface area (Å²) in [6, 6.07) is 0.643. The van der Waals surface area contributed by atoms with Crippen LogP contribution in [0.15, 0.2) is 12.4 Å². The van der Waals surface area contributed by atoms with Gasteiger partial charge in [0, 0.05) is 24.9 Å². The fraction of sp³-hybridized carbons (Fsp3) is 0.800. The molecule has 0 amide bonds. The highest BCUT2D eigenvalue weighted by Gasteiger charge is 2.53. The first-order valence-corrected chi connectivity index (χ1v) is 7.61. The Morgan fingerprint density at radius 3 is 2.78 bits per heavy atom. The highest BCUT2D eigenvalue weighted by atomic mass is 15.0. The van der Waals surface area contributed by atoms with Crippen molar-refractivity contribution in [3.8, 4) is 0 Å². The van der Waals surface area contributed by atoms with Gasteiger partial charge in [-0.25, -0.2) is 4.98 Å². The molecular weight excluding hydrogens is 222 g/mol. The van der Waals surface area contributed by atoms with E-state index >= 15 is 0 Å². The Morgan fingerprint density at radius 1 is 1.39 bits per heavy atom. The maximum absolute atomic E-state index is 4.40. The zero-order valence-corrected chi connectivity index (χ0v) is 11.4. The Labute approximate surface area is 110 Å². The number of aromatic nitrogens is 2. The molecule has 1 aromatic heterocycles. The van der Waals surface area contributed by atoms with Crippen LogP contribution in [-0.2, 0) is 6.42 Å². The minimum Gasteiger partial charge on any atom is -0.349 e. The van der Waals surface area contributed by atoms with Gasteiger partial charge in [-0.15, -0.1) is 0 Å². The third-order valence-corrected chi connectivity index (χ3v) is 4.81. The van der Waals surface area contributed by atoms with Crippen molar-refractivity contribution in [1.82, 2.24) is 15.3 Å². The second-order valence-electron chi connectivity index (χ2n) is 5.99. The Hall–Kier alpha value is -0.830. The zero-order valence-electron chi connectivity index (χ0n) is 11.4. The summed E-state index contributed by atoms with van der Waals surface area (Å²) in [4.78, 5) is 7.65. The van der Waals surface area contributed by atoms with Crippen molar-refractivity contribution in [3.63, 3.8) is 0 Å². The number of H-pyrrole nitrogens is 1. The van der Waals surface area contributed by atoms with Crippen LogP contribution in [0.4, 0.5) is 0 Å². The highest BCUT2D eigenvalue weighted by molar-refractivity contribution is 5.07. The molecule has 0 radical (unpaired) electrons.